The molecule has 2 N–H and O–H groups in total. The van der Waals surface area contributed by atoms with Gasteiger partial charge in [0.05, 0.1) is 23.9 Å². The summed E-state index contributed by atoms with van der Waals surface area (Å²) in [5.74, 6) is -2.45. The van der Waals surface area contributed by atoms with E-state index < -0.39 is 35.3 Å². The molecule has 8 nitrogen and oxygen atoms in total. The van der Waals surface area contributed by atoms with Gasteiger partial charge in [0.25, 0.3) is 5.56 Å². The summed E-state index contributed by atoms with van der Waals surface area (Å²) < 4.78 is 46.8. The van der Waals surface area contributed by atoms with Crippen LogP contribution >= 0.6 is 11.6 Å². The number of halogens is 4. The van der Waals surface area contributed by atoms with E-state index in [4.69, 9.17) is 21.6 Å². The molecule has 2 atom stereocenters. The molecule has 1 aromatic heterocycles. The summed E-state index contributed by atoms with van der Waals surface area (Å²) >= 11 is 5.89. The van der Waals surface area contributed by atoms with Crippen LogP contribution in [0.2, 0.25) is 5.02 Å². The number of ether oxygens (including phenoxy) is 1. The molecular weight excluding hydrogens is 487 g/mol. The largest absolute Gasteiger partial charge is 0.449 e. The van der Waals surface area contributed by atoms with Gasteiger partial charge >= 0.3 is 6.18 Å². The van der Waals surface area contributed by atoms with Crippen LogP contribution < -0.4 is 20.9 Å². The highest BCUT2D eigenvalue weighted by atomic mass is 35.5. The van der Waals surface area contributed by atoms with Gasteiger partial charge in [-0.1, -0.05) is 41.9 Å². The molecule has 2 unspecified atom stereocenters. The van der Waals surface area contributed by atoms with Crippen molar-refractivity contribution in [3.05, 3.63) is 87.1 Å². The van der Waals surface area contributed by atoms with Crippen molar-refractivity contribution in [2.24, 2.45) is 5.92 Å². The first kappa shape index (κ1) is 24.3. The average molecular weight is 504 g/mol. The number of nitrogens with one attached hydrogen (secondary N) is 2. The molecule has 3 aromatic rings. The van der Waals surface area contributed by atoms with Gasteiger partial charge in [0, 0.05) is 18.1 Å². The Morgan fingerprint density at radius 2 is 1.94 bits per heavy atom. The predicted molar refractivity (Wildman–Crippen MR) is 119 cm³/mol. The number of benzene rings is 2. The van der Waals surface area contributed by atoms with Crippen molar-refractivity contribution in [3.63, 3.8) is 0 Å². The third-order valence-electron chi connectivity index (χ3n) is 5.26. The average Bonchev–Trinajstić information content (AvgIpc) is 2.82. The second-order valence-electron chi connectivity index (χ2n) is 7.72. The minimum atomic E-state index is -4.99. The summed E-state index contributed by atoms with van der Waals surface area (Å²) in [5.41, 5.74) is -1.80. The normalized spacial score (nSPS) is 18.0. The van der Waals surface area contributed by atoms with Crippen LogP contribution in [0.25, 0.3) is 0 Å². The smallest absolute Gasteiger partial charge is 0.437 e. The number of hydrogen-bond acceptors (Lipinski definition) is 6. The summed E-state index contributed by atoms with van der Waals surface area (Å²) in [6, 6.07) is 14.6. The van der Waals surface area contributed by atoms with Crippen LogP contribution in [0.15, 0.2) is 59.7 Å². The molecule has 0 radical (unpaired) electrons. The maximum Gasteiger partial charge on any atom is 0.437 e. The molecule has 2 heterocycles. The molecule has 180 valence electrons. The second kappa shape index (κ2) is 9.77. The van der Waals surface area contributed by atoms with Gasteiger partial charge in [0.15, 0.2) is 5.69 Å². The standard InChI is InChI=1S/C23H17ClF3N5O3/c24-16-6-13(9-28)7-17(8-16)35-18-19(23(25,26)27)30-12-32(22(18)34)11-15-10-29-20(31-21(15)33)14-4-2-1-3-5-14/h1-8,12,15,20,29H,10-11H2,(H,31,33). The Kier molecular flexibility index (Phi) is 6.77. The van der Waals surface area contributed by atoms with Crippen molar-refractivity contribution in [3.8, 4) is 17.6 Å². The van der Waals surface area contributed by atoms with Crippen molar-refractivity contribution in [1.29, 1.82) is 5.26 Å². The van der Waals surface area contributed by atoms with Crippen molar-refractivity contribution in [1.82, 2.24) is 20.2 Å². The van der Waals surface area contributed by atoms with Crippen LogP contribution in [0.3, 0.4) is 0 Å². The number of nitrogens with zero attached hydrogens (tertiary/aromatic N) is 3. The number of aromatic nitrogens is 2. The molecule has 0 bridgehead atoms. The van der Waals surface area contributed by atoms with Gasteiger partial charge < -0.3 is 10.1 Å². The van der Waals surface area contributed by atoms with Gasteiger partial charge in [-0.2, -0.15) is 18.4 Å². The molecule has 12 heteroatoms. The van der Waals surface area contributed by atoms with Gasteiger partial charge in [-0.25, -0.2) is 4.98 Å². The number of alkyl halides is 3. The lowest BCUT2D eigenvalue weighted by Crippen LogP contribution is -2.52. The number of carbonyl (C=O) groups excluding carboxylic acids is 1. The summed E-state index contributed by atoms with van der Waals surface area (Å²) in [6.45, 7) is -0.0610. The fourth-order valence-electron chi connectivity index (χ4n) is 3.59. The second-order valence-corrected chi connectivity index (χ2v) is 8.16. The molecule has 0 aliphatic carbocycles. The van der Waals surface area contributed by atoms with Crippen LogP contribution in [-0.4, -0.2) is 22.0 Å². The van der Waals surface area contributed by atoms with Gasteiger partial charge in [-0.15, -0.1) is 0 Å². The van der Waals surface area contributed by atoms with Crippen LogP contribution in [-0.2, 0) is 17.5 Å². The highest BCUT2D eigenvalue weighted by molar-refractivity contribution is 6.30. The highest BCUT2D eigenvalue weighted by Gasteiger charge is 2.39. The van der Waals surface area contributed by atoms with Crippen LogP contribution in [0.1, 0.15) is 23.0 Å². The molecule has 1 aliphatic heterocycles. The fraction of sp³-hybridized carbons (Fsp3) is 0.217. The van der Waals surface area contributed by atoms with Crippen LogP contribution in [0.5, 0.6) is 11.5 Å². The molecule has 35 heavy (non-hydrogen) atoms. The third-order valence-corrected chi connectivity index (χ3v) is 5.48. The summed E-state index contributed by atoms with van der Waals surface area (Å²) in [6.07, 6.45) is -4.69. The minimum Gasteiger partial charge on any atom is -0.449 e. The summed E-state index contributed by atoms with van der Waals surface area (Å²) in [4.78, 5) is 29.0. The topological polar surface area (TPSA) is 109 Å². The van der Waals surface area contributed by atoms with Gasteiger partial charge in [0.2, 0.25) is 11.7 Å². The van der Waals surface area contributed by atoms with E-state index in [0.717, 1.165) is 22.5 Å². The SMILES string of the molecule is N#Cc1cc(Cl)cc(Oc2c(C(F)(F)F)ncn(CC3CNC(c4ccccc4)NC3=O)c2=O)c1. The molecule has 4 rings (SSSR count). The van der Waals surface area contributed by atoms with Gasteiger partial charge in [0.1, 0.15) is 11.9 Å². The molecule has 1 amide bonds. The van der Waals surface area contributed by atoms with Crippen molar-refractivity contribution in [2.75, 3.05) is 6.54 Å². The van der Waals surface area contributed by atoms with E-state index in [0.29, 0.717) is 0 Å². The molecule has 2 aromatic carbocycles. The first-order valence-corrected chi connectivity index (χ1v) is 10.7. The van der Waals surface area contributed by atoms with E-state index in [9.17, 15) is 22.8 Å². The lowest BCUT2D eigenvalue weighted by atomic mass is 10.0. The van der Waals surface area contributed by atoms with Crippen LogP contribution in [0, 0.1) is 17.2 Å². The maximum absolute atomic E-state index is 13.6. The van der Waals surface area contributed by atoms with Crippen molar-refractivity contribution in [2.45, 2.75) is 18.9 Å². The number of amides is 1. The number of rotatable bonds is 5. The molecule has 0 saturated carbocycles. The Morgan fingerprint density at radius 1 is 1.20 bits per heavy atom. The summed E-state index contributed by atoms with van der Waals surface area (Å²) in [5, 5.41) is 15.0. The fourth-order valence-corrected chi connectivity index (χ4v) is 3.82. The molecule has 0 spiro atoms. The Labute approximate surface area is 201 Å². The molecular formula is C23H17ClF3N5O3. The Morgan fingerprint density at radius 3 is 2.60 bits per heavy atom. The Hall–Kier alpha value is -3.88. The summed E-state index contributed by atoms with van der Waals surface area (Å²) in [7, 11) is 0. The predicted octanol–water partition coefficient (Wildman–Crippen LogP) is 3.61. The van der Waals surface area contributed by atoms with Gasteiger partial charge in [-0.3, -0.25) is 19.5 Å². The Bertz CT molecular complexity index is 1360. The first-order chi connectivity index (χ1) is 16.7. The lowest BCUT2D eigenvalue weighted by Gasteiger charge is -2.31. The zero-order valence-electron chi connectivity index (χ0n) is 17.8. The van der Waals surface area contributed by atoms with Crippen molar-refractivity contribution < 1.29 is 22.7 Å². The third kappa shape index (κ3) is 5.45. The monoisotopic (exact) mass is 503 g/mol. The lowest BCUT2D eigenvalue weighted by molar-refractivity contribution is -0.142. The van der Waals surface area contributed by atoms with Crippen LogP contribution in [0.4, 0.5) is 13.2 Å². The van der Waals surface area contributed by atoms with Gasteiger partial charge in [-0.05, 0) is 23.8 Å². The van der Waals surface area contributed by atoms with E-state index in [1.165, 1.54) is 12.1 Å². The Balaban J connectivity index is 1.61. The molecule has 1 fully saturated rings. The molecule has 1 saturated heterocycles. The first-order valence-electron chi connectivity index (χ1n) is 10.3. The van der Waals surface area contributed by atoms with E-state index in [-0.39, 0.29) is 35.3 Å². The van der Waals surface area contributed by atoms with E-state index in [2.05, 4.69) is 15.6 Å². The number of nitriles is 1. The van der Waals surface area contributed by atoms with E-state index in [1.807, 2.05) is 30.3 Å². The zero-order valence-corrected chi connectivity index (χ0v) is 18.6. The zero-order chi connectivity index (χ0) is 25.2. The van der Waals surface area contributed by atoms with E-state index in [1.54, 1.807) is 6.07 Å². The van der Waals surface area contributed by atoms with E-state index >= 15 is 0 Å². The molecule has 1 aliphatic rings. The van der Waals surface area contributed by atoms with Crippen molar-refractivity contribution >= 4 is 17.5 Å². The quantitative estimate of drug-likeness (QED) is 0.550. The number of carbonyl (C=O) groups is 1. The maximum atomic E-state index is 13.6. The minimum absolute atomic E-state index is 0.0307. The number of hydrogen-bond donors (Lipinski definition) is 2. The highest BCUT2D eigenvalue weighted by Crippen LogP contribution is 2.35.